The van der Waals surface area contributed by atoms with Crippen LogP contribution in [0.1, 0.15) is 22.8 Å². The highest BCUT2D eigenvalue weighted by molar-refractivity contribution is 6.07. The van der Waals surface area contributed by atoms with E-state index in [1.54, 1.807) is 23.1 Å². The molecule has 0 spiro atoms. The van der Waals surface area contributed by atoms with Crippen LogP contribution in [0.4, 0.5) is 11.4 Å². The van der Waals surface area contributed by atoms with E-state index in [0.29, 0.717) is 18.0 Å². The lowest BCUT2D eigenvalue weighted by molar-refractivity contribution is -0.384. The lowest BCUT2D eigenvalue weighted by Crippen LogP contribution is -2.31. The monoisotopic (exact) mass is 402 g/mol. The summed E-state index contributed by atoms with van der Waals surface area (Å²) in [5.41, 5.74) is 1.73. The molecule has 0 aliphatic heterocycles. The van der Waals surface area contributed by atoms with Crippen LogP contribution in [0.5, 0.6) is 5.75 Å². The maximum atomic E-state index is 13.3. The maximum absolute atomic E-state index is 13.3. The van der Waals surface area contributed by atoms with Gasteiger partial charge in [-0.2, -0.15) is 0 Å². The number of rotatable bonds is 8. The molecule has 0 saturated carbocycles. The van der Waals surface area contributed by atoms with Crippen LogP contribution in [-0.4, -0.2) is 24.0 Å². The zero-order valence-electron chi connectivity index (χ0n) is 16.6. The number of hydrogen-bond acceptors (Lipinski definition) is 4. The van der Waals surface area contributed by atoms with E-state index in [9.17, 15) is 14.9 Å². The van der Waals surface area contributed by atoms with Gasteiger partial charge < -0.3 is 9.64 Å². The number of para-hydroxylation sites is 2. The Morgan fingerprint density at radius 3 is 2.50 bits per heavy atom. The van der Waals surface area contributed by atoms with Crippen LogP contribution in [0, 0.1) is 10.1 Å². The van der Waals surface area contributed by atoms with Crippen molar-refractivity contribution in [2.75, 3.05) is 18.1 Å². The summed E-state index contributed by atoms with van der Waals surface area (Å²) in [6, 6.07) is 22.8. The molecule has 3 rings (SSSR count). The van der Waals surface area contributed by atoms with E-state index in [-0.39, 0.29) is 23.7 Å². The predicted octanol–water partition coefficient (Wildman–Crippen LogP) is 5.35. The van der Waals surface area contributed by atoms with Crippen LogP contribution in [0.2, 0.25) is 0 Å². The molecular formula is C24H22N2O4. The maximum Gasteiger partial charge on any atom is 0.270 e. The lowest BCUT2D eigenvalue weighted by Gasteiger charge is -2.24. The van der Waals surface area contributed by atoms with Gasteiger partial charge in [0.2, 0.25) is 0 Å². The number of hydrogen-bond donors (Lipinski definition) is 0. The molecule has 1 amide bonds. The van der Waals surface area contributed by atoms with Gasteiger partial charge in [-0.25, -0.2) is 0 Å². The first-order valence-electron chi connectivity index (χ1n) is 9.60. The summed E-state index contributed by atoms with van der Waals surface area (Å²) in [4.78, 5) is 25.5. The molecule has 0 aliphatic rings. The summed E-state index contributed by atoms with van der Waals surface area (Å²) < 4.78 is 5.70. The third kappa shape index (κ3) is 5.11. The Labute approximate surface area is 175 Å². The summed E-state index contributed by atoms with van der Waals surface area (Å²) in [5.74, 6) is 0.232. The van der Waals surface area contributed by atoms with Gasteiger partial charge in [-0.3, -0.25) is 14.9 Å². The van der Waals surface area contributed by atoms with Gasteiger partial charge in [0, 0.05) is 24.2 Å². The molecule has 152 valence electrons. The molecule has 30 heavy (non-hydrogen) atoms. The molecule has 0 heterocycles. The Morgan fingerprint density at radius 2 is 1.77 bits per heavy atom. The highest BCUT2D eigenvalue weighted by Gasteiger charge is 2.21. The van der Waals surface area contributed by atoms with E-state index in [4.69, 9.17) is 4.74 Å². The number of nitrogens with zero attached hydrogens (tertiary/aromatic N) is 2. The lowest BCUT2D eigenvalue weighted by atomic mass is 10.1. The quantitative estimate of drug-likeness (QED) is 0.376. The third-order valence-electron chi connectivity index (χ3n) is 4.40. The standard InChI is InChI=1S/C24H22N2O4/c1-2-30-23-16-7-6-15-22(23)25(17-9-12-19-10-4-3-5-11-19)24(27)20-13-8-14-21(18-20)26(28)29/h3-16,18H,2,17H2,1H3/b12-9+. The predicted molar refractivity (Wildman–Crippen MR) is 118 cm³/mol. The van der Waals surface area contributed by atoms with E-state index < -0.39 is 4.92 Å². The number of carbonyl (C=O) groups is 1. The molecule has 0 atom stereocenters. The second-order valence-corrected chi connectivity index (χ2v) is 6.44. The molecule has 0 N–H and O–H groups in total. The SMILES string of the molecule is CCOc1ccccc1N(C/C=C/c1ccccc1)C(=O)c1cccc([N+](=O)[O-])c1. The van der Waals surface area contributed by atoms with Crippen LogP contribution >= 0.6 is 0 Å². The summed E-state index contributed by atoms with van der Waals surface area (Å²) in [7, 11) is 0. The molecule has 0 saturated heterocycles. The average Bonchev–Trinajstić information content (AvgIpc) is 2.78. The van der Waals surface area contributed by atoms with E-state index in [1.165, 1.54) is 18.2 Å². The van der Waals surface area contributed by atoms with Crippen LogP contribution < -0.4 is 9.64 Å². The van der Waals surface area contributed by atoms with E-state index in [1.807, 2.05) is 61.5 Å². The number of amides is 1. The first-order valence-corrected chi connectivity index (χ1v) is 9.60. The summed E-state index contributed by atoms with van der Waals surface area (Å²) in [6.07, 6.45) is 3.81. The normalized spacial score (nSPS) is 10.7. The molecule has 0 radical (unpaired) electrons. The molecule has 6 nitrogen and oxygen atoms in total. The molecule has 3 aromatic rings. The minimum atomic E-state index is -0.509. The fourth-order valence-corrected chi connectivity index (χ4v) is 3.02. The summed E-state index contributed by atoms with van der Waals surface area (Å²) in [5, 5.41) is 11.1. The smallest absolute Gasteiger partial charge is 0.270 e. The van der Waals surface area contributed by atoms with Gasteiger partial charge in [0.05, 0.1) is 17.2 Å². The van der Waals surface area contributed by atoms with Crippen molar-refractivity contribution in [3.05, 3.63) is 106 Å². The molecule has 0 bridgehead atoms. The van der Waals surface area contributed by atoms with Gasteiger partial charge in [0.15, 0.2) is 0 Å². The molecular weight excluding hydrogens is 380 g/mol. The van der Waals surface area contributed by atoms with Crippen molar-refractivity contribution < 1.29 is 14.5 Å². The van der Waals surface area contributed by atoms with Crippen molar-refractivity contribution in [2.45, 2.75) is 6.92 Å². The van der Waals surface area contributed by atoms with Crippen molar-refractivity contribution in [2.24, 2.45) is 0 Å². The Balaban J connectivity index is 1.97. The van der Waals surface area contributed by atoms with Crippen molar-refractivity contribution >= 4 is 23.4 Å². The van der Waals surface area contributed by atoms with E-state index in [2.05, 4.69) is 0 Å². The van der Waals surface area contributed by atoms with Crippen molar-refractivity contribution in [1.29, 1.82) is 0 Å². The highest BCUT2D eigenvalue weighted by atomic mass is 16.6. The number of carbonyl (C=O) groups excluding carboxylic acids is 1. The van der Waals surface area contributed by atoms with Gasteiger partial charge >= 0.3 is 0 Å². The summed E-state index contributed by atoms with van der Waals surface area (Å²) in [6.45, 7) is 2.61. The summed E-state index contributed by atoms with van der Waals surface area (Å²) >= 11 is 0. The van der Waals surface area contributed by atoms with Crippen molar-refractivity contribution in [3.8, 4) is 5.75 Å². The van der Waals surface area contributed by atoms with Crippen LogP contribution in [0.25, 0.3) is 6.08 Å². The molecule has 6 heteroatoms. The number of nitro benzene ring substituents is 1. The van der Waals surface area contributed by atoms with Crippen LogP contribution in [0.3, 0.4) is 0 Å². The Morgan fingerprint density at radius 1 is 1.03 bits per heavy atom. The van der Waals surface area contributed by atoms with E-state index in [0.717, 1.165) is 5.56 Å². The van der Waals surface area contributed by atoms with Crippen LogP contribution in [-0.2, 0) is 0 Å². The highest BCUT2D eigenvalue weighted by Crippen LogP contribution is 2.30. The number of nitro groups is 1. The van der Waals surface area contributed by atoms with Gasteiger partial charge in [-0.05, 0) is 30.7 Å². The fraction of sp³-hybridized carbons (Fsp3) is 0.125. The average molecular weight is 402 g/mol. The molecule has 0 aromatic heterocycles. The number of non-ortho nitro benzene ring substituents is 1. The largest absolute Gasteiger partial charge is 0.492 e. The van der Waals surface area contributed by atoms with Gasteiger partial charge in [-0.15, -0.1) is 0 Å². The zero-order chi connectivity index (χ0) is 21.3. The van der Waals surface area contributed by atoms with Gasteiger partial charge in [0.25, 0.3) is 11.6 Å². The van der Waals surface area contributed by atoms with Crippen molar-refractivity contribution in [3.63, 3.8) is 0 Å². The molecule has 0 unspecified atom stereocenters. The first-order chi connectivity index (χ1) is 14.6. The molecule has 3 aromatic carbocycles. The third-order valence-corrected chi connectivity index (χ3v) is 4.40. The van der Waals surface area contributed by atoms with E-state index >= 15 is 0 Å². The number of benzene rings is 3. The Hall–Kier alpha value is -3.93. The topological polar surface area (TPSA) is 72.7 Å². The van der Waals surface area contributed by atoms with Crippen LogP contribution in [0.15, 0.2) is 84.9 Å². The molecule has 0 aliphatic carbocycles. The zero-order valence-corrected chi connectivity index (χ0v) is 16.6. The van der Waals surface area contributed by atoms with Gasteiger partial charge in [-0.1, -0.05) is 60.7 Å². The van der Waals surface area contributed by atoms with Gasteiger partial charge in [0.1, 0.15) is 5.75 Å². The number of ether oxygens (including phenoxy) is 1. The minimum absolute atomic E-state index is 0.126. The second kappa shape index (κ2) is 10.0. The fourth-order valence-electron chi connectivity index (χ4n) is 3.02. The Kier molecular flexibility index (Phi) is 6.95. The minimum Gasteiger partial charge on any atom is -0.492 e. The first kappa shape index (κ1) is 20.8. The number of anilines is 1. The van der Waals surface area contributed by atoms with Crippen molar-refractivity contribution in [1.82, 2.24) is 0 Å². The second-order valence-electron chi connectivity index (χ2n) is 6.44. The Bertz CT molecular complexity index is 1050. The molecule has 0 fully saturated rings.